The van der Waals surface area contributed by atoms with Gasteiger partial charge in [-0.1, -0.05) is 69.6 Å². The van der Waals surface area contributed by atoms with Crippen LogP contribution in [-0.4, -0.2) is 0 Å². The van der Waals surface area contributed by atoms with Crippen molar-refractivity contribution in [1.82, 2.24) is 0 Å². The normalized spacial score (nSPS) is 10.0. The number of hydrogen-bond donors (Lipinski definition) is 0. The second-order valence-electron chi connectivity index (χ2n) is 1.99. The Labute approximate surface area is 127 Å². The average molecular weight is 383 g/mol. The molecule has 17 heavy (non-hydrogen) atoms. The Balaban J connectivity index is 4.81. The van der Waals surface area contributed by atoms with E-state index in [1.165, 1.54) is 0 Å². The van der Waals surface area contributed by atoms with E-state index in [0.717, 1.165) is 18.8 Å². The summed E-state index contributed by atoms with van der Waals surface area (Å²) in [5.74, 6) is 0. The van der Waals surface area contributed by atoms with E-state index in [0.29, 0.717) is 0 Å². The van der Waals surface area contributed by atoms with Crippen LogP contribution in [0.1, 0.15) is 0 Å². The van der Waals surface area contributed by atoms with E-state index in [1.54, 1.807) is 0 Å². The van der Waals surface area contributed by atoms with E-state index in [4.69, 9.17) is 69.6 Å². The van der Waals surface area contributed by atoms with Gasteiger partial charge in [-0.2, -0.15) is 4.57 Å². The highest BCUT2D eigenvalue weighted by atomic mass is 35.5. The van der Waals surface area contributed by atoms with Crippen LogP contribution in [-0.2, 0) is 18.1 Å². The Kier molecular flexibility index (Phi) is 8.95. The zero-order valence-electron chi connectivity index (χ0n) is 7.58. The molecule has 0 aliphatic carbocycles. The van der Waals surface area contributed by atoms with Crippen LogP contribution in [0.4, 0.5) is 0 Å². The van der Waals surface area contributed by atoms with Crippen molar-refractivity contribution in [3.05, 3.63) is 32.3 Å². The molecule has 0 bridgehead atoms. The third kappa shape index (κ3) is 10.2. The van der Waals surface area contributed by atoms with Gasteiger partial charge in [0.2, 0.25) is 0 Å². The second-order valence-corrected chi connectivity index (χ2v) is 6.54. The van der Waals surface area contributed by atoms with Crippen LogP contribution in [0, 0.1) is 0 Å². The molecular formula is C6H3Cl6O4P. The molecule has 11 heteroatoms. The van der Waals surface area contributed by atoms with Gasteiger partial charge in [0.25, 0.3) is 0 Å². The smallest absolute Gasteiger partial charge is 0.391 e. The average Bonchev–Trinajstić information content (AvgIpc) is 2.21. The quantitative estimate of drug-likeness (QED) is 0.419. The van der Waals surface area contributed by atoms with Crippen molar-refractivity contribution in [2.75, 3.05) is 0 Å². The lowest BCUT2D eigenvalue weighted by molar-refractivity contribution is 0.230. The van der Waals surface area contributed by atoms with Crippen molar-refractivity contribution in [1.29, 1.82) is 0 Å². The van der Waals surface area contributed by atoms with Gasteiger partial charge in [0, 0.05) is 0 Å². The molecule has 0 aromatic carbocycles. The second kappa shape index (κ2) is 8.65. The molecule has 0 saturated heterocycles. The van der Waals surface area contributed by atoms with Gasteiger partial charge < -0.3 is 13.6 Å². The first-order valence-corrected chi connectivity index (χ1v) is 7.17. The maximum atomic E-state index is 11.8. The maximum absolute atomic E-state index is 11.8. The minimum Gasteiger partial charge on any atom is -0.391 e. The predicted molar refractivity (Wildman–Crippen MR) is 70.2 cm³/mol. The maximum Gasteiger partial charge on any atom is 0.645 e. The molecule has 0 saturated carbocycles. The summed E-state index contributed by atoms with van der Waals surface area (Å²) in [7, 11) is -4.12. The molecule has 0 aromatic rings. The Morgan fingerprint density at radius 1 is 0.706 bits per heavy atom. The molecule has 0 spiro atoms. The standard InChI is InChI=1S/C6H3Cl6O4P/c7-4(8)1-14-17(13,15-2-5(9)10)16-3-6(11)12/h1-3H. The largest absolute Gasteiger partial charge is 0.645 e. The van der Waals surface area contributed by atoms with Crippen molar-refractivity contribution < 1.29 is 18.1 Å². The van der Waals surface area contributed by atoms with E-state index in [9.17, 15) is 4.57 Å². The van der Waals surface area contributed by atoms with Gasteiger partial charge in [-0.3, -0.25) is 0 Å². The SMILES string of the molecule is O=P(OC=C(Cl)Cl)(OC=C(Cl)Cl)OC=C(Cl)Cl. The molecule has 4 nitrogen and oxygen atoms in total. The molecule has 0 fully saturated rings. The van der Waals surface area contributed by atoms with Crippen molar-refractivity contribution in [3.63, 3.8) is 0 Å². The van der Waals surface area contributed by atoms with E-state index in [2.05, 4.69) is 13.6 Å². The number of phosphoric acid groups is 1. The summed E-state index contributed by atoms with van der Waals surface area (Å²) >= 11 is 31.5. The minimum atomic E-state index is -4.12. The Morgan fingerprint density at radius 3 is 1.12 bits per heavy atom. The molecule has 0 aliphatic heterocycles. The van der Waals surface area contributed by atoms with Gasteiger partial charge in [0.05, 0.1) is 0 Å². The molecular weight excluding hydrogens is 380 g/mol. The molecule has 0 rings (SSSR count). The summed E-state index contributed by atoms with van der Waals surface area (Å²) in [5.41, 5.74) is 0. The van der Waals surface area contributed by atoms with E-state index in [-0.39, 0.29) is 13.5 Å². The number of phosphoric ester groups is 1. The highest BCUT2D eigenvalue weighted by Crippen LogP contribution is 2.51. The molecule has 98 valence electrons. The zero-order valence-corrected chi connectivity index (χ0v) is 13.0. The molecule has 0 amide bonds. The summed E-state index contributed by atoms with van der Waals surface area (Å²) in [5, 5.41) is 0. The molecule has 0 heterocycles. The predicted octanol–water partition coefficient (Wildman–Crippen LogP) is 5.97. The van der Waals surface area contributed by atoms with Crippen LogP contribution >= 0.6 is 77.4 Å². The summed E-state index contributed by atoms with van der Waals surface area (Å²) in [6, 6.07) is 0. The van der Waals surface area contributed by atoms with E-state index >= 15 is 0 Å². The lowest BCUT2D eigenvalue weighted by Gasteiger charge is -2.12. The van der Waals surface area contributed by atoms with Gasteiger partial charge in [-0.25, -0.2) is 0 Å². The third-order valence-electron chi connectivity index (χ3n) is 0.813. The Hall–Kier alpha value is 0.590. The highest BCUT2D eigenvalue weighted by Gasteiger charge is 2.28. The minimum absolute atomic E-state index is 0.320. The third-order valence-corrected chi connectivity index (χ3v) is 2.44. The Morgan fingerprint density at radius 2 is 0.941 bits per heavy atom. The molecule has 0 aliphatic rings. The fourth-order valence-electron chi connectivity index (χ4n) is 0.388. The van der Waals surface area contributed by atoms with Gasteiger partial charge >= 0.3 is 7.82 Å². The first-order chi connectivity index (χ1) is 7.75. The number of halogens is 6. The first kappa shape index (κ1) is 17.6. The zero-order chi connectivity index (χ0) is 13.5. The summed E-state index contributed by atoms with van der Waals surface area (Å²) in [6.07, 6.45) is 2.15. The van der Waals surface area contributed by atoms with Gasteiger partial charge in [-0.15, -0.1) is 0 Å². The molecule has 0 unspecified atom stereocenters. The van der Waals surface area contributed by atoms with Crippen LogP contribution in [0.25, 0.3) is 0 Å². The van der Waals surface area contributed by atoms with Crippen LogP contribution in [0.5, 0.6) is 0 Å². The summed E-state index contributed by atoms with van der Waals surface area (Å²) in [6.45, 7) is 0. The fourth-order valence-corrected chi connectivity index (χ4v) is 1.88. The van der Waals surface area contributed by atoms with Crippen molar-refractivity contribution in [2.24, 2.45) is 0 Å². The highest BCUT2D eigenvalue weighted by molar-refractivity contribution is 7.48. The molecule has 0 N–H and O–H groups in total. The Bertz CT molecular complexity index is 323. The van der Waals surface area contributed by atoms with E-state index in [1.807, 2.05) is 0 Å². The first-order valence-electron chi connectivity index (χ1n) is 3.44. The van der Waals surface area contributed by atoms with Gasteiger partial charge in [0.1, 0.15) is 32.3 Å². The topological polar surface area (TPSA) is 44.8 Å². The summed E-state index contributed by atoms with van der Waals surface area (Å²) < 4.78 is 24.5. The van der Waals surface area contributed by atoms with Crippen LogP contribution in [0.15, 0.2) is 32.3 Å². The van der Waals surface area contributed by atoms with Crippen LogP contribution in [0.3, 0.4) is 0 Å². The fraction of sp³-hybridized carbons (Fsp3) is 0. The number of hydrogen-bond acceptors (Lipinski definition) is 4. The number of rotatable bonds is 6. The monoisotopic (exact) mass is 380 g/mol. The van der Waals surface area contributed by atoms with Gasteiger partial charge in [0.15, 0.2) is 0 Å². The summed E-state index contributed by atoms with van der Waals surface area (Å²) in [4.78, 5) is 0. The van der Waals surface area contributed by atoms with Crippen molar-refractivity contribution in [3.8, 4) is 0 Å². The van der Waals surface area contributed by atoms with Crippen LogP contribution < -0.4 is 0 Å². The van der Waals surface area contributed by atoms with E-state index < -0.39 is 7.82 Å². The molecule has 0 aromatic heterocycles. The lowest BCUT2D eigenvalue weighted by atomic mass is 11.2. The lowest BCUT2D eigenvalue weighted by Crippen LogP contribution is -1.89. The molecule has 0 radical (unpaired) electrons. The molecule has 0 atom stereocenters. The van der Waals surface area contributed by atoms with Crippen molar-refractivity contribution >= 4 is 77.4 Å². The van der Waals surface area contributed by atoms with Crippen LogP contribution in [0.2, 0.25) is 0 Å². The van der Waals surface area contributed by atoms with Gasteiger partial charge in [-0.05, 0) is 0 Å². The van der Waals surface area contributed by atoms with Crippen molar-refractivity contribution in [2.45, 2.75) is 0 Å².